The monoisotopic (exact) mass is 914 g/mol. The lowest BCUT2D eigenvalue weighted by molar-refractivity contribution is -0.143. The molecule has 0 fully saturated rings. The van der Waals surface area contributed by atoms with Gasteiger partial charge in [-0.05, 0) is 64.2 Å². The molecule has 2 unspecified atom stereocenters. The second kappa shape index (κ2) is 54.7. The highest BCUT2D eigenvalue weighted by molar-refractivity contribution is 5.76. The van der Waals surface area contributed by atoms with Gasteiger partial charge in [0.05, 0.1) is 25.4 Å². The molecule has 65 heavy (non-hydrogen) atoms. The number of rotatable bonds is 53. The van der Waals surface area contributed by atoms with Gasteiger partial charge in [0, 0.05) is 12.8 Å². The first-order chi connectivity index (χ1) is 32.0. The third-order valence-corrected chi connectivity index (χ3v) is 13.2. The molecular formula is C59H111NO5. The van der Waals surface area contributed by atoms with Crippen LogP contribution < -0.4 is 5.32 Å². The number of carbonyl (C=O) groups excluding carboxylic acids is 2. The SMILES string of the molecule is CCCCCC/C=C\C/C=C\CCCCCCCCCC(=O)OCCCCCCCCCCCCCCCC(=O)NC(CO)C(O)/C=C/CCCCCCCCCCCCCCCCC. The highest BCUT2D eigenvalue weighted by Crippen LogP contribution is 2.16. The summed E-state index contributed by atoms with van der Waals surface area (Å²) in [6, 6.07) is -0.639. The number of aliphatic hydroxyl groups is 2. The summed E-state index contributed by atoms with van der Waals surface area (Å²) in [5, 5.41) is 23.1. The van der Waals surface area contributed by atoms with Crippen LogP contribution in [0.25, 0.3) is 0 Å². The second-order valence-corrected chi connectivity index (χ2v) is 19.6. The van der Waals surface area contributed by atoms with Crippen LogP contribution in [0, 0.1) is 0 Å². The molecule has 0 heterocycles. The number of aliphatic hydroxyl groups excluding tert-OH is 2. The predicted octanol–water partition coefficient (Wildman–Crippen LogP) is 17.6. The van der Waals surface area contributed by atoms with Crippen molar-refractivity contribution in [1.29, 1.82) is 0 Å². The fourth-order valence-corrected chi connectivity index (χ4v) is 8.72. The quantitative estimate of drug-likeness (QED) is 0.0321. The summed E-state index contributed by atoms with van der Waals surface area (Å²) >= 11 is 0. The fourth-order valence-electron chi connectivity index (χ4n) is 8.72. The molecule has 0 rings (SSSR count). The van der Waals surface area contributed by atoms with Gasteiger partial charge in [-0.25, -0.2) is 0 Å². The lowest BCUT2D eigenvalue weighted by atomic mass is 10.0. The van der Waals surface area contributed by atoms with Gasteiger partial charge in [-0.15, -0.1) is 0 Å². The number of hydrogen-bond acceptors (Lipinski definition) is 5. The summed E-state index contributed by atoms with van der Waals surface area (Å²) in [5.74, 6) is -0.0942. The number of amides is 1. The van der Waals surface area contributed by atoms with Gasteiger partial charge in [-0.3, -0.25) is 9.59 Å². The molecule has 6 heteroatoms. The van der Waals surface area contributed by atoms with Gasteiger partial charge in [0.15, 0.2) is 0 Å². The van der Waals surface area contributed by atoms with Crippen LogP contribution in [0.4, 0.5) is 0 Å². The molecule has 0 spiro atoms. The molecule has 0 radical (unpaired) electrons. The van der Waals surface area contributed by atoms with Gasteiger partial charge in [0.2, 0.25) is 5.91 Å². The van der Waals surface area contributed by atoms with Gasteiger partial charge in [0.25, 0.3) is 0 Å². The number of carbonyl (C=O) groups is 2. The average Bonchev–Trinajstić information content (AvgIpc) is 3.31. The van der Waals surface area contributed by atoms with E-state index in [1.54, 1.807) is 6.08 Å². The molecule has 0 saturated heterocycles. The number of allylic oxidation sites excluding steroid dienone is 5. The molecule has 1 amide bonds. The van der Waals surface area contributed by atoms with Crippen LogP contribution in [0.5, 0.6) is 0 Å². The molecule has 0 aromatic rings. The zero-order chi connectivity index (χ0) is 47.2. The summed E-state index contributed by atoms with van der Waals surface area (Å²) in [6.07, 6.45) is 67.2. The lowest BCUT2D eigenvalue weighted by Gasteiger charge is -2.20. The third kappa shape index (κ3) is 51.3. The van der Waals surface area contributed by atoms with Crippen molar-refractivity contribution in [3.8, 4) is 0 Å². The molecular weight excluding hydrogens is 803 g/mol. The Morgan fingerprint density at radius 1 is 0.431 bits per heavy atom. The second-order valence-electron chi connectivity index (χ2n) is 19.6. The summed E-state index contributed by atoms with van der Waals surface area (Å²) in [4.78, 5) is 24.5. The normalized spacial score (nSPS) is 12.9. The number of hydrogen-bond donors (Lipinski definition) is 3. The molecule has 0 aliphatic rings. The van der Waals surface area contributed by atoms with E-state index in [0.717, 1.165) is 64.2 Å². The van der Waals surface area contributed by atoms with Crippen molar-refractivity contribution in [2.75, 3.05) is 13.2 Å². The summed E-state index contributed by atoms with van der Waals surface area (Å²) in [6.45, 7) is 4.86. The van der Waals surface area contributed by atoms with Crippen LogP contribution in [-0.4, -0.2) is 47.4 Å². The Morgan fingerprint density at radius 3 is 1.18 bits per heavy atom. The first-order valence-electron chi connectivity index (χ1n) is 28.8. The van der Waals surface area contributed by atoms with E-state index < -0.39 is 12.1 Å². The number of nitrogens with one attached hydrogen (secondary N) is 1. The van der Waals surface area contributed by atoms with Crippen LogP contribution in [0.1, 0.15) is 303 Å². The minimum Gasteiger partial charge on any atom is -0.466 e. The number of unbranched alkanes of at least 4 members (excludes halogenated alkanes) is 38. The first kappa shape index (κ1) is 63.1. The van der Waals surface area contributed by atoms with Crippen molar-refractivity contribution < 1.29 is 24.5 Å². The van der Waals surface area contributed by atoms with Crippen molar-refractivity contribution in [3.05, 3.63) is 36.5 Å². The highest BCUT2D eigenvalue weighted by atomic mass is 16.5. The Labute approximate surface area is 404 Å². The van der Waals surface area contributed by atoms with Crippen LogP contribution in [0.2, 0.25) is 0 Å². The van der Waals surface area contributed by atoms with Gasteiger partial charge in [0.1, 0.15) is 0 Å². The summed E-state index contributed by atoms with van der Waals surface area (Å²) < 4.78 is 5.48. The van der Waals surface area contributed by atoms with Crippen LogP contribution in [0.15, 0.2) is 36.5 Å². The lowest BCUT2D eigenvalue weighted by Crippen LogP contribution is -2.45. The molecule has 0 aliphatic carbocycles. The zero-order valence-electron chi connectivity index (χ0n) is 43.5. The van der Waals surface area contributed by atoms with Gasteiger partial charge < -0.3 is 20.3 Å². The van der Waals surface area contributed by atoms with E-state index in [-0.39, 0.29) is 18.5 Å². The molecule has 0 bridgehead atoms. The van der Waals surface area contributed by atoms with Crippen LogP contribution in [0.3, 0.4) is 0 Å². The molecule has 0 aromatic carbocycles. The standard InChI is InChI=1S/C59H111NO5/c1-3-5-7-9-11-13-15-17-19-21-23-25-29-33-37-41-45-49-53-59(64)65-54-50-46-42-38-34-30-26-28-32-36-40-44-48-52-58(63)60-56(55-61)57(62)51-47-43-39-35-31-27-24-22-20-18-16-14-12-10-8-6-4-2/h13,15,19,21,47,51,56-57,61-62H,3-12,14,16-18,20,22-46,48-50,52-55H2,1-2H3,(H,60,63)/b15-13-,21-19-,51-47+. The molecule has 0 aliphatic heterocycles. The maximum absolute atomic E-state index is 12.5. The van der Waals surface area contributed by atoms with Crippen LogP contribution >= 0.6 is 0 Å². The van der Waals surface area contributed by atoms with Crippen molar-refractivity contribution in [1.82, 2.24) is 5.32 Å². The summed E-state index contributed by atoms with van der Waals surface area (Å²) in [5.41, 5.74) is 0. The molecule has 382 valence electrons. The van der Waals surface area contributed by atoms with Crippen molar-refractivity contribution >= 4 is 11.9 Å². The predicted molar refractivity (Wildman–Crippen MR) is 283 cm³/mol. The smallest absolute Gasteiger partial charge is 0.305 e. The first-order valence-corrected chi connectivity index (χ1v) is 28.8. The Morgan fingerprint density at radius 2 is 0.769 bits per heavy atom. The Hall–Kier alpha value is -1.92. The van der Waals surface area contributed by atoms with Gasteiger partial charge in [-0.1, -0.05) is 262 Å². The van der Waals surface area contributed by atoms with Gasteiger partial charge >= 0.3 is 5.97 Å². The van der Waals surface area contributed by atoms with Crippen LogP contribution in [-0.2, 0) is 14.3 Å². The minimum atomic E-state index is -0.854. The van der Waals surface area contributed by atoms with Crippen molar-refractivity contribution in [2.24, 2.45) is 0 Å². The molecule has 0 aromatic heterocycles. The van der Waals surface area contributed by atoms with E-state index in [0.29, 0.717) is 19.4 Å². The van der Waals surface area contributed by atoms with E-state index >= 15 is 0 Å². The minimum absolute atomic E-state index is 0.0141. The van der Waals surface area contributed by atoms with E-state index in [1.165, 1.54) is 212 Å². The average molecular weight is 915 g/mol. The van der Waals surface area contributed by atoms with Crippen molar-refractivity contribution in [3.63, 3.8) is 0 Å². The van der Waals surface area contributed by atoms with E-state index in [9.17, 15) is 19.8 Å². The Balaban J connectivity index is 3.48. The number of ether oxygens (including phenoxy) is 1. The van der Waals surface area contributed by atoms with E-state index in [1.807, 2.05) is 6.08 Å². The zero-order valence-corrected chi connectivity index (χ0v) is 43.5. The van der Waals surface area contributed by atoms with E-state index in [4.69, 9.17) is 4.74 Å². The maximum atomic E-state index is 12.5. The topological polar surface area (TPSA) is 95.9 Å². The van der Waals surface area contributed by atoms with Crippen molar-refractivity contribution in [2.45, 2.75) is 315 Å². The molecule has 0 saturated carbocycles. The summed E-state index contributed by atoms with van der Waals surface area (Å²) in [7, 11) is 0. The van der Waals surface area contributed by atoms with E-state index in [2.05, 4.69) is 43.5 Å². The fraction of sp³-hybridized carbons (Fsp3) is 0.864. The third-order valence-electron chi connectivity index (χ3n) is 13.2. The molecule has 2 atom stereocenters. The maximum Gasteiger partial charge on any atom is 0.305 e. The highest BCUT2D eigenvalue weighted by Gasteiger charge is 2.18. The Bertz CT molecular complexity index is 1060. The molecule has 6 nitrogen and oxygen atoms in total. The Kier molecular flexibility index (Phi) is 53.1. The number of esters is 1. The van der Waals surface area contributed by atoms with Gasteiger partial charge in [-0.2, -0.15) is 0 Å². The molecule has 3 N–H and O–H groups in total. The largest absolute Gasteiger partial charge is 0.466 e.